The molecule has 4 heterocycles. The number of rotatable bonds is 7. The fourth-order valence-corrected chi connectivity index (χ4v) is 5.58. The van der Waals surface area contributed by atoms with E-state index in [1.54, 1.807) is 36.0 Å². The monoisotopic (exact) mass is 446 g/mol. The first kappa shape index (κ1) is 21.1. The van der Waals surface area contributed by atoms with Crippen molar-refractivity contribution in [2.75, 3.05) is 31.7 Å². The SMILES string of the molecule is Cc1sc(-c2ccncc2)nc1CCN(C)c1ccc(C(O)P2(=O)OCCO2)nc1. The number of nitrogens with zero attached hydrogens (tertiary/aromatic N) is 4. The van der Waals surface area contributed by atoms with E-state index in [0.29, 0.717) is 0 Å². The predicted molar refractivity (Wildman–Crippen MR) is 116 cm³/mol. The highest BCUT2D eigenvalue weighted by Gasteiger charge is 2.40. The Morgan fingerprint density at radius 1 is 1.23 bits per heavy atom. The molecule has 8 nitrogen and oxygen atoms in total. The van der Waals surface area contributed by atoms with Crippen LogP contribution in [0.5, 0.6) is 0 Å². The number of thiazole rings is 1. The van der Waals surface area contributed by atoms with Gasteiger partial charge in [0.05, 0.1) is 36.5 Å². The molecular formula is C20H23N4O4PS. The van der Waals surface area contributed by atoms with Crippen molar-refractivity contribution in [2.24, 2.45) is 0 Å². The zero-order valence-electron chi connectivity index (χ0n) is 16.8. The first-order valence-corrected chi connectivity index (χ1v) is 12.0. The number of aliphatic hydroxyl groups is 1. The molecule has 1 unspecified atom stereocenters. The second kappa shape index (κ2) is 8.91. The van der Waals surface area contributed by atoms with Crippen molar-refractivity contribution >= 4 is 24.6 Å². The van der Waals surface area contributed by atoms with Gasteiger partial charge in [-0.1, -0.05) is 0 Å². The van der Waals surface area contributed by atoms with Crippen LogP contribution < -0.4 is 4.90 Å². The summed E-state index contributed by atoms with van der Waals surface area (Å²) in [4.78, 5) is 16.4. The summed E-state index contributed by atoms with van der Waals surface area (Å²) in [7, 11) is -1.56. The number of anilines is 1. The summed E-state index contributed by atoms with van der Waals surface area (Å²) in [5.74, 6) is -1.37. The van der Waals surface area contributed by atoms with E-state index in [9.17, 15) is 9.67 Å². The van der Waals surface area contributed by atoms with Crippen LogP contribution in [0.25, 0.3) is 10.6 Å². The normalized spacial score (nSPS) is 16.5. The van der Waals surface area contributed by atoms with Crippen LogP contribution in [0.3, 0.4) is 0 Å². The molecule has 0 saturated carbocycles. The van der Waals surface area contributed by atoms with Crippen molar-refractivity contribution in [2.45, 2.75) is 19.2 Å². The predicted octanol–water partition coefficient (Wildman–Crippen LogP) is 3.82. The molecule has 1 atom stereocenters. The maximum atomic E-state index is 12.4. The zero-order valence-corrected chi connectivity index (χ0v) is 18.5. The number of likely N-dealkylation sites (N-methyl/N-ethyl adjacent to an activating group) is 1. The third-order valence-electron chi connectivity index (χ3n) is 4.91. The molecule has 1 saturated heterocycles. The second-order valence-corrected chi connectivity index (χ2v) is 10.2. The maximum Gasteiger partial charge on any atom is 0.365 e. The minimum Gasteiger partial charge on any atom is -0.375 e. The van der Waals surface area contributed by atoms with E-state index in [1.165, 1.54) is 4.88 Å². The summed E-state index contributed by atoms with van der Waals surface area (Å²) in [5.41, 5.74) is 3.31. The lowest BCUT2D eigenvalue weighted by Gasteiger charge is -2.20. The third kappa shape index (κ3) is 4.45. The Morgan fingerprint density at radius 3 is 2.63 bits per heavy atom. The molecule has 158 valence electrons. The van der Waals surface area contributed by atoms with Gasteiger partial charge in [0.1, 0.15) is 5.01 Å². The summed E-state index contributed by atoms with van der Waals surface area (Å²) in [6.45, 7) is 3.28. The number of hydrogen-bond acceptors (Lipinski definition) is 9. The van der Waals surface area contributed by atoms with Crippen molar-refractivity contribution in [3.8, 4) is 10.6 Å². The van der Waals surface area contributed by atoms with Gasteiger partial charge in [-0.2, -0.15) is 0 Å². The van der Waals surface area contributed by atoms with E-state index in [4.69, 9.17) is 14.0 Å². The van der Waals surface area contributed by atoms with Crippen LogP contribution in [0, 0.1) is 6.92 Å². The van der Waals surface area contributed by atoms with E-state index >= 15 is 0 Å². The van der Waals surface area contributed by atoms with Crippen LogP contribution in [-0.2, 0) is 20.0 Å². The molecule has 1 N–H and O–H groups in total. The van der Waals surface area contributed by atoms with Gasteiger partial charge >= 0.3 is 7.60 Å². The number of hydrogen-bond donors (Lipinski definition) is 1. The number of aryl methyl sites for hydroxylation is 1. The van der Waals surface area contributed by atoms with Crippen molar-refractivity contribution in [3.05, 3.63) is 59.1 Å². The van der Waals surface area contributed by atoms with Gasteiger partial charge in [0.2, 0.25) is 0 Å². The topological polar surface area (TPSA) is 97.7 Å². The Bertz CT molecular complexity index is 1030. The molecule has 0 spiro atoms. The average Bonchev–Trinajstić information content (AvgIpc) is 3.38. The van der Waals surface area contributed by atoms with Gasteiger partial charge in [-0.25, -0.2) is 4.98 Å². The molecule has 30 heavy (non-hydrogen) atoms. The molecule has 0 aliphatic carbocycles. The molecule has 0 bridgehead atoms. The third-order valence-corrected chi connectivity index (χ3v) is 7.92. The van der Waals surface area contributed by atoms with Crippen LogP contribution >= 0.6 is 18.9 Å². The molecule has 0 amide bonds. The fourth-order valence-electron chi connectivity index (χ4n) is 3.13. The first-order valence-electron chi connectivity index (χ1n) is 9.57. The van der Waals surface area contributed by atoms with Gasteiger partial charge in [-0.15, -0.1) is 11.3 Å². The van der Waals surface area contributed by atoms with Gasteiger partial charge in [-0.3, -0.25) is 14.5 Å². The summed E-state index contributed by atoms with van der Waals surface area (Å²) in [6, 6.07) is 7.42. The minimum atomic E-state index is -3.53. The fraction of sp³-hybridized carbons (Fsp3) is 0.350. The van der Waals surface area contributed by atoms with Crippen LogP contribution in [0.4, 0.5) is 5.69 Å². The summed E-state index contributed by atoms with van der Waals surface area (Å²) in [5, 5.41) is 11.3. The smallest absolute Gasteiger partial charge is 0.365 e. The van der Waals surface area contributed by atoms with Crippen LogP contribution in [0.15, 0.2) is 42.9 Å². The largest absolute Gasteiger partial charge is 0.375 e. The lowest BCUT2D eigenvalue weighted by Crippen LogP contribution is -2.21. The van der Waals surface area contributed by atoms with Crippen molar-refractivity contribution in [1.82, 2.24) is 15.0 Å². The Kier molecular flexibility index (Phi) is 6.26. The molecule has 1 aliphatic heterocycles. The molecule has 1 aliphatic rings. The summed E-state index contributed by atoms with van der Waals surface area (Å²) in [6.07, 6.45) is 5.99. The van der Waals surface area contributed by atoms with Crippen LogP contribution in [0.1, 0.15) is 22.1 Å². The highest BCUT2D eigenvalue weighted by molar-refractivity contribution is 7.54. The standard InChI is InChI=1S/C20H23N4O4PS/c1-14-17(23-19(30-14)15-5-8-21-9-6-15)7-10-24(2)16-3-4-18(22-13-16)20(25)29(26)27-11-12-28-29/h3-6,8-9,13,20,25H,7,10-12H2,1-2H3. The Morgan fingerprint density at radius 2 is 1.97 bits per heavy atom. The first-order chi connectivity index (χ1) is 14.5. The van der Waals surface area contributed by atoms with Gasteiger partial charge in [0, 0.05) is 42.8 Å². The molecule has 3 aromatic rings. The molecule has 3 aromatic heterocycles. The number of aromatic nitrogens is 3. The van der Waals surface area contributed by atoms with Crippen molar-refractivity contribution in [3.63, 3.8) is 0 Å². The van der Waals surface area contributed by atoms with E-state index in [-0.39, 0.29) is 18.9 Å². The van der Waals surface area contributed by atoms with Crippen LogP contribution in [0.2, 0.25) is 0 Å². The van der Waals surface area contributed by atoms with Gasteiger partial charge in [-0.05, 0) is 31.2 Å². The quantitative estimate of drug-likeness (QED) is 0.547. The van der Waals surface area contributed by atoms with Crippen molar-refractivity contribution in [1.29, 1.82) is 0 Å². The lowest BCUT2D eigenvalue weighted by molar-refractivity contribution is 0.198. The van der Waals surface area contributed by atoms with Gasteiger partial charge in [0.25, 0.3) is 0 Å². The molecule has 10 heteroatoms. The summed E-state index contributed by atoms with van der Waals surface area (Å²) < 4.78 is 22.6. The maximum absolute atomic E-state index is 12.4. The molecule has 4 rings (SSSR count). The zero-order chi connectivity index (χ0) is 21.1. The van der Waals surface area contributed by atoms with E-state index in [0.717, 1.165) is 34.9 Å². The van der Waals surface area contributed by atoms with Gasteiger partial charge in [0.15, 0.2) is 5.85 Å². The van der Waals surface area contributed by atoms with E-state index in [2.05, 4.69) is 21.8 Å². The average molecular weight is 446 g/mol. The highest BCUT2D eigenvalue weighted by atomic mass is 32.1. The second-order valence-electron chi connectivity index (χ2n) is 6.95. The number of aliphatic hydroxyl groups excluding tert-OH is 1. The molecule has 0 radical (unpaired) electrons. The van der Waals surface area contributed by atoms with Crippen molar-refractivity contribution < 1.29 is 18.7 Å². The van der Waals surface area contributed by atoms with E-state index < -0.39 is 13.4 Å². The van der Waals surface area contributed by atoms with Crippen LogP contribution in [-0.4, -0.2) is 46.9 Å². The number of pyridine rings is 2. The Hall–Kier alpha value is -2.16. The molecule has 0 aromatic carbocycles. The minimum absolute atomic E-state index is 0.216. The Balaban J connectivity index is 1.39. The van der Waals surface area contributed by atoms with Gasteiger partial charge < -0.3 is 19.1 Å². The summed E-state index contributed by atoms with van der Waals surface area (Å²) >= 11 is 1.68. The molecular weight excluding hydrogens is 423 g/mol. The lowest BCUT2D eigenvalue weighted by atomic mass is 10.2. The molecule has 1 fully saturated rings. The Labute approximate surface area is 179 Å². The highest BCUT2D eigenvalue weighted by Crippen LogP contribution is 2.61. The van der Waals surface area contributed by atoms with E-state index in [1.807, 2.05) is 25.2 Å².